The number of hydrogen-bond acceptors (Lipinski definition) is 1. The summed E-state index contributed by atoms with van der Waals surface area (Å²) < 4.78 is 0. The summed E-state index contributed by atoms with van der Waals surface area (Å²) in [6.45, 7) is 15.5. The summed E-state index contributed by atoms with van der Waals surface area (Å²) in [6, 6.07) is 4.48. The zero-order chi connectivity index (χ0) is 16.3. The minimum Gasteiger partial charge on any atom is -0.507 e. The van der Waals surface area contributed by atoms with Gasteiger partial charge in [0.2, 0.25) is 0 Å². The van der Waals surface area contributed by atoms with E-state index in [1.807, 2.05) is 0 Å². The van der Waals surface area contributed by atoms with Gasteiger partial charge in [-0.05, 0) is 42.1 Å². The van der Waals surface area contributed by atoms with Gasteiger partial charge in [0.1, 0.15) is 5.75 Å². The topological polar surface area (TPSA) is 20.2 Å². The molecule has 1 N–H and O–H groups in total. The van der Waals surface area contributed by atoms with E-state index < -0.39 is 0 Å². The Balaban J connectivity index is 3.46. The molecule has 0 heterocycles. The van der Waals surface area contributed by atoms with Crippen molar-refractivity contribution in [3.63, 3.8) is 0 Å². The number of aryl methyl sites for hydroxylation is 1. The zero-order valence-electron chi connectivity index (χ0n) is 15.1. The van der Waals surface area contributed by atoms with E-state index in [2.05, 4.69) is 60.6 Å². The van der Waals surface area contributed by atoms with Gasteiger partial charge in [0.25, 0.3) is 0 Å². The van der Waals surface area contributed by atoms with E-state index in [1.54, 1.807) is 0 Å². The molecule has 1 nitrogen and oxygen atoms in total. The molecule has 1 rings (SSSR count). The Hall–Kier alpha value is -0.980. The van der Waals surface area contributed by atoms with Crippen LogP contribution in [-0.4, -0.2) is 5.11 Å². The predicted octanol–water partition coefficient (Wildman–Crippen LogP) is 6.11. The summed E-state index contributed by atoms with van der Waals surface area (Å²) in [5, 5.41) is 10.9. The molecule has 0 aliphatic heterocycles. The van der Waals surface area contributed by atoms with Crippen molar-refractivity contribution in [2.45, 2.75) is 91.4 Å². The van der Waals surface area contributed by atoms with Gasteiger partial charge in [-0.2, -0.15) is 0 Å². The zero-order valence-corrected chi connectivity index (χ0v) is 15.1. The van der Waals surface area contributed by atoms with E-state index in [-0.39, 0.29) is 10.8 Å². The largest absolute Gasteiger partial charge is 0.507 e. The lowest BCUT2D eigenvalue weighted by atomic mass is 9.74. The normalized spacial score (nSPS) is 12.7. The molecule has 0 aliphatic rings. The maximum absolute atomic E-state index is 10.9. The molecule has 0 atom stereocenters. The SMILES string of the molecule is CCCCc1cc(C(C)(C)CC)c(O)c(C(C)(C)CC)c1. The smallest absolute Gasteiger partial charge is 0.123 e. The molecular weight excluding hydrogens is 256 g/mol. The van der Waals surface area contributed by atoms with E-state index in [1.165, 1.54) is 18.4 Å². The first-order chi connectivity index (χ1) is 9.69. The van der Waals surface area contributed by atoms with Crippen LogP contribution in [0.1, 0.15) is 90.8 Å². The number of aromatic hydroxyl groups is 1. The molecule has 1 aromatic carbocycles. The number of unbranched alkanes of at least 4 members (excludes halogenated alkanes) is 1. The summed E-state index contributed by atoms with van der Waals surface area (Å²) in [6.07, 6.45) is 5.59. The molecule has 120 valence electrons. The second-order valence-electron chi connectivity index (χ2n) is 7.62. The van der Waals surface area contributed by atoms with E-state index in [0.29, 0.717) is 5.75 Å². The molecule has 21 heavy (non-hydrogen) atoms. The molecule has 0 bridgehead atoms. The average molecular weight is 290 g/mol. The predicted molar refractivity (Wildman–Crippen MR) is 93.4 cm³/mol. The molecule has 0 aliphatic carbocycles. The lowest BCUT2D eigenvalue weighted by Crippen LogP contribution is -2.21. The van der Waals surface area contributed by atoms with Gasteiger partial charge in [0.05, 0.1) is 0 Å². The summed E-state index contributed by atoms with van der Waals surface area (Å²) >= 11 is 0. The van der Waals surface area contributed by atoms with E-state index in [9.17, 15) is 5.11 Å². The third kappa shape index (κ3) is 4.02. The van der Waals surface area contributed by atoms with Crippen LogP contribution in [-0.2, 0) is 17.3 Å². The number of hydrogen-bond donors (Lipinski definition) is 1. The van der Waals surface area contributed by atoms with Crippen molar-refractivity contribution >= 4 is 0 Å². The number of benzene rings is 1. The standard InChI is InChI=1S/C20H34O/c1-8-11-12-15-13-16(19(4,5)9-2)18(21)17(14-15)20(6,7)10-3/h13-14,21H,8-12H2,1-7H3. The minimum atomic E-state index is 0.0187. The lowest BCUT2D eigenvalue weighted by molar-refractivity contribution is 0.399. The fraction of sp³-hybridized carbons (Fsp3) is 0.700. The van der Waals surface area contributed by atoms with Gasteiger partial charge in [0, 0.05) is 11.1 Å². The molecule has 0 amide bonds. The minimum absolute atomic E-state index is 0.0187. The number of phenolic OH excluding ortho intramolecular Hbond substituents is 1. The lowest BCUT2D eigenvalue weighted by Gasteiger charge is -2.31. The average Bonchev–Trinajstić information content (AvgIpc) is 2.45. The van der Waals surface area contributed by atoms with Gasteiger partial charge < -0.3 is 5.11 Å². The summed E-state index contributed by atoms with van der Waals surface area (Å²) in [5.74, 6) is 0.522. The monoisotopic (exact) mass is 290 g/mol. The molecule has 1 aromatic rings. The van der Waals surface area contributed by atoms with Crippen LogP contribution < -0.4 is 0 Å². The van der Waals surface area contributed by atoms with Crippen LogP contribution in [0, 0.1) is 0 Å². The van der Waals surface area contributed by atoms with Gasteiger partial charge in [-0.25, -0.2) is 0 Å². The quantitative estimate of drug-likeness (QED) is 0.642. The van der Waals surface area contributed by atoms with Crippen LogP contribution in [0.5, 0.6) is 5.75 Å². The Kier molecular flexibility index (Phi) is 5.90. The fourth-order valence-corrected chi connectivity index (χ4v) is 2.63. The fourth-order valence-electron chi connectivity index (χ4n) is 2.63. The van der Waals surface area contributed by atoms with E-state index in [4.69, 9.17) is 0 Å². The highest BCUT2D eigenvalue weighted by Gasteiger charge is 2.29. The first-order valence-electron chi connectivity index (χ1n) is 8.56. The van der Waals surface area contributed by atoms with E-state index in [0.717, 1.165) is 30.4 Å². The molecule has 0 unspecified atom stereocenters. The Morgan fingerprint density at radius 1 is 0.857 bits per heavy atom. The van der Waals surface area contributed by atoms with Crippen molar-refractivity contribution in [1.29, 1.82) is 0 Å². The maximum Gasteiger partial charge on any atom is 0.123 e. The van der Waals surface area contributed by atoms with Crippen molar-refractivity contribution in [3.05, 3.63) is 28.8 Å². The molecule has 0 fully saturated rings. The van der Waals surface area contributed by atoms with Crippen molar-refractivity contribution < 1.29 is 5.11 Å². The Bertz CT molecular complexity index is 432. The van der Waals surface area contributed by atoms with Crippen LogP contribution >= 0.6 is 0 Å². The molecule has 0 aromatic heterocycles. The highest BCUT2D eigenvalue weighted by molar-refractivity contribution is 5.50. The van der Waals surface area contributed by atoms with Crippen LogP contribution in [0.2, 0.25) is 0 Å². The molecule has 0 saturated carbocycles. The third-order valence-corrected chi connectivity index (χ3v) is 5.21. The molecular formula is C20H34O. The van der Waals surface area contributed by atoms with Crippen molar-refractivity contribution in [3.8, 4) is 5.75 Å². The maximum atomic E-state index is 10.9. The van der Waals surface area contributed by atoms with Crippen LogP contribution in [0.4, 0.5) is 0 Å². The second-order valence-corrected chi connectivity index (χ2v) is 7.62. The first kappa shape index (κ1) is 18.1. The Morgan fingerprint density at radius 3 is 1.62 bits per heavy atom. The molecule has 1 heteroatoms. The van der Waals surface area contributed by atoms with Crippen LogP contribution in [0.25, 0.3) is 0 Å². The van der Waals surface area contributed by atoms with E-state index >= 15 is 0 Å². The van der Waals surface area contributed by atoms with Crippen molar-refractivity contribution in [1.82, 2.24) is 0 Å². The van der Waals surface area contributed by atoms with Gasteiger partial charge in [-0.3, -0.25) is 0 Å². The summed E-state index contributed by atoms with van der Waals surface area (Å²) in [7, 11) is 0. The summed E-state index contributed by atoms with van der Waals surface area (Å²) in [5.41, 5.74) is 3.66. The van der Waals surface area contributed by atoms with Crippen LogP contribution in [0.15, 0.2) is 12.1 Å². The Morgan fingerprint density at radius 2 is 1.29 bits per heavy atom. The third-order valence-electron chi connectivity index (χ3n) is 5.21. The first-order valence-corrected chi connectivity index (χ1v) is 8.56. The van der Waals surface area contributed by atoms with Gasteiger partial charge in [-0.1, -0.05) is 67.0 Å². The van der Waals surface area contributed by atoms with Crippen molar-refractivity contribution in [2.75, 3.05) is 0 Å². The van der Waals surface area contributed by atoms with Gasteiger partial charge in [0.15, 0.2) is 0 Å². The summed E-state index contributed by atoms with van der Waals surface area (Å²) in [4.78, 5) is 0. The second kappa shape index (κ2) is 6.85. The Labute approximate surface area is 131 Å². The highest BCUT2D eigenvalue weighted by atomic mass is 16.3. The molecule has 0 saturated heterocycles. The van der Waals surface area contributed by atoms with Crippen LogP contribution in [0.3, 0.4) is 0 Å². The molecule has 0 radical (unpaired) electrons. The van der Waals surface area contributed by atoms with Gasteiger partial charge >= 0.3 is 0 Å². The number of rotatable bonds is 7. The van der Waals surface area contributed by atoms with Crippen molar-refractivity contribution in [2.24, 2.45) is 0 Å². The van der Waals surface area contributed by atoms with Gasteiger partial charge in [-0.15, -0.1) is 0 Å². The number of phenols is 1. The highest BCUT2D eigenvalue weighted by Crippen LogP contribution is 2.42. The molecule has 0 spiro atoms.